The Morgan fingerprint density at radius 1 is 1.10 bits per heavy atom. The fourth-order valence-electron chi connectivity index (χ4n) is 1.83. The quantitative estimate of drug-likeness (QED) is 0.659. The van der Waals surface area contributed by atoms with E-state index in [1.165, 1.54) is 0 Å². The Labute approximate surface area is 123 Å². The Balaban J connectivity index is 2.26. The van der Waals surface area contributed by atoms with Gasteiger partial charge < -0.3 is 5.11 Å². The molecule has 1 unspecified atom stereocenters. The van der Waals surface area contributed by atoms with Gasteiger partial charge in [0, 0.05) is 6.42 Å². The zero-order valence-electron chi connectivity index (χ0n) is 12.0. The molecule has 1 aromatic rings. The highest BCUT2D eigenvalue weighted by atomic mass is 16.4. The number of amides is 2. The van der Waals surface area contributed by atoms with Crippen molar-refractivity contribution < 1.29 is 19.5 Å². The van der Waals surface area contributed by atoms with E-state index in [-0.39, 0.29) is 25.2 Å². The first-order valence-corrected chi connectivity index (χ1v) is 6.87. The summed E-state index contributed by atoms with van der Waals surface area (Å²) in [7, 11) is 0. The molecule has 0 saturated carbocycles. The highest BCUT2D eigenvalue weighted by Gasteiger charge is 2.16. The molecule has 6 heteroatoms. The van der Waals surface area contributed by atoms with Gasteiger partial charge >= 0.3 is 5.97 Å². The van der Waals surface area contributed by atoms with Crippen molar-refractivity contribution in [2.24, 2.45) is 5.92 Å². The Kier molecular flexibility index (Phi) is 6.94. The Bertz CT molecular complexity index is 488. The van der Waals surface area contributed by atoms with Gasteiger partial charge in [0.15, 0.2) is 0 Å². The van der Waals surface area contributed by atoms with Crippen molar-refractivity contribution >= 4 is 17.8 Å². The molecule has 0 bridgehead atoms. The van der Waals surface area contributed by atoms with Crippen molar-refractivity contribution in [3.05, 3.63) is 35.9 Å². The normalized spacial score (nSPS) is 11.5. The molecule has 0 aliphatic heterocycles. The molecular formula is C15H20N2O4. The van der Waals surface area contributed by atoms with Crippen LogP contribution in [0.2, 0.25) is 0 Å². The minimum Gasteiger partial charge on any atom is -0.481 e. The summed E-state index contributed by atoms with van der Waals surface area (Å²) in [6.45, 7) is 1.76. The van der Waals surface area contributed by atoms with Crippen molar-refractivity contribution in [1.82, 2.24) is 10.9 Å². The van der Waals surface area contributed by atoms with E-state index in [1.807, 2.05) is 30.3 Å². The van der Waals surface area contributed by atoms with Gasteiger partial charge in [-0.2, -0.15) is 0 Å². The second kappa shape index (κ2) is 8.73. The predicted molar refractivity (Wildman–Crippen MR) is 77.1 cm³/mol. The second-order valence-electron chi connectivity index (χ2n) is 4.74. The SMILES string of the molecule is CCC(CCC(=O)NNC(=O)Cc1ccccc1)C(=O)O. The number of aliphatic carboxylic acids is 1. The maximum absolute atomic E-state index is 11.6. The van der Waals surface area contributed by atoms with E-state index >= 15 is 0 Å². The first-order valence-electron chi connectivity index (χ1n) is 6.87. The molecule has 0 heterocycles. The molecule has 1 rings (SSSR count). The molecule has 0 fully saturated rings. The van der Waals surface area contributed by atoms with Crippen molar-refractivity contribution in [2.75, 3.05) is 0 Å². The third-order valence-electron chi connectivity index (χ3n) is 3.11. The summed E-state index contributed by atoms with van der Waals surface area (Å²) in [5, 5.41) is 8.87. The number of benzene rings is 1. The number of rotatable bonds is 7. The molecule has 114 valence electrons. The zero-order chi connectivity index (χ0) is 15.7. The maximum atomic E-state index is 11.6. The Morgan fingerprint density at radius 2 is 1.71 bits per heavy atom. The van der Waals surface area contributed by atoms with Crippen LogP contribution in [0.25, 0.3) is 0 Å². The average Bonchev–Trinajstić information content (AvgIpc) is 2.46. The van der Waals surface area contributed by atoms with Crippen LogP contribution in [-0.2, 0) is 20.8 Å². The largest absolute Gasteiger partial charge is 0.481 e. The van der Waals surface area contributed by atoms with Crippen LogP contribution in [0.3, 0.4) is 0 Å². The molecule has 2 amide bonds. The fraction of sp³-hybridized carbons (Fsp3) is 0.400. The second-order valence-corrected chi connectivity index (χ2v) is 4.74. The lowest BCUT2D eigenvalue weighted by Crippen LogP contribution is -2.42. The summed E-state index contributed by atoms with van der Waals surface area (Å²) in [5.41, 5.74) is 5.45. The van der Waals surface area contributed by atoms with Gasteiger partial charge in [-0.15, -0.1) is 0 Å². The van der Waals surface area contributed by atoms with E-state index in [9.17, 15) is 14.4 Å². The van der Waals surface area contributed by atoms with Crippen LogP contribution in [-0.4, -0.2) is 22.9 Å². The molecule has 0 spiro atoms. The monoisotopic (exact) mass is 292 g/mol. The van der Waals surface area contributed by atoms with E-state index in [0.29, 0.717) is 6.42 Å². The highest BCUT2D eigenvalue weighted by Crippen LogP contribution is 2.10. The van der Waals surface area contributed by atoms with Crippen molar-refractivity contribution in [3.8, 4) is 0 Å². The Morgan fingerprint density at radius 3 is 2.29 bits per heavy atom. The van der Waals surface area contributed by atoms with E-state index < -0.39 is 17.8 Å². The molecule has 6 nitrogen and oxygen atoms in total. The number of nitrogens with one attached hydrogen (secondary N) is 2. The summed E-state index contributed by atoms with van der Waals surface area (Å²) in [6, 6.07) is 9.16. The van der Waals surface area contributed by atoms with Crippen LogP contribution in [0.15, 0.2) is 30.3 Å². The fourth-order valence-corrected chi connectivity index (χ4v) is 1.83. The van der Waals surface area contributed by atoms with Gasteiger partial charge in [-0.1, -0.05) is 37.3 Å². The summed E-state index contributed by atoms with van der Waals surface area (Å²) < 4.78 is 0. The van der Waals surface area contributed by atoms with Crippen LogP contribution in [0, 0.1) is 5.92 Å². The highest BCUT2D eigenvalue weighted by molar-refractivity contribution is 5.83. The molecule has 0 aliphatic carbocycles. The number of carbonyl (C=O) groups is 3. The lowest BCUT2D eigenvalue weighted by molar-refractivity contribution is -0.142. The van der Waals surface area contributed by atoms with Gasteiger partial charge in [0.1, 0.15) is 0 Å². The average molecular weight is 292 g/mol. The number of hydrogen-bond acceptors (Lipinski definition) is 3. The topological polar surface area (TPSA) is 95.5 Å². The first-order chi connectivity index (χ1) is 10.0. The van der Waals surface area contributed by atoms with Gasteiger partial charge in [0.25, 0.3) is 0 Å². The molecule has 1 aromatic carbocycles. The van der Waals surface area contributed by atoms with Crippen LogP contribution in [0.4, 0.5) is 0 Å². The Hall–Kier alpha value is -2.37. The zero-order valence-corrected chi connectivity index (χ0v) is 12.0. The van der Waals surface area contributed by atoms with Gasteiger partial charge in [-0.25, -0.2) is 0 Å². The molecule has 1 atom stereocenters. The number of hydrogen-bond donors (Lipinski definition) is 3. The number of hydrazine groups is 1. The van der Waals surface area contributed by atoms with Crippen LogP contribution in [0.5, 0.6) is 0 Å². The first kappa shape index (κ1) is 16.7. The van der Waals surface area contributed by atoms with E-state index in [2.05, 4.69) is 10.9 Å². The van der Waals surface area contributed by atoms with E-state index in [4.69, 9.17) is 5.11 Å². The molecule has 3 N–H and O–H groups in total. The molecule has 0 radical (unpaired) electrons. The molecule has 0 saturated heterocycles. The minimum absolute atomic E-state index is 0.0659. The summed E-state index contributed by atoms with van der Waals surface area (Å²) in [6.07, 6.45) is 0.972. The van der Waals surface area contributed by atoms with Crippen molar-refractivity contribution in [2.45, 2.75) is 32.6 Å². The van der Waals surface area contributed by atoms with Crippen molar-refractivity contribution in [1.29, 1.82) is 0 Å². The lowest BCUT2D eigenvalue weighted by Gasteiger charge is -2.10. The third-order valence-corrected chi connectivity index (χ3v) is 3.11. The molecule has 0 aliphatic rings. The van der Waals surface area contributed by atoms with E-state index in [0.717, 1.165) is 5.56 Å². The van der Waals surface area contributed by atoms with Crippen LogP contribution >= 0.6 is 0 Å². The number of carboxylic acids is 1. The van der Waals surface area contributed by atoms with Gasteiger partial charge in [-0.3, -0.25) is 25.2 Å². The van der Waals surface area contributed by atoms with E-state index in [1.54, 1.807) is 6.92 Å². The minimum atomic E-state index is -0.904. The van der Waals surface area contributed by atoms with Gasteiger partial charge in [0.05, 0.1) is 12.3 Å². The lowest BCUT2D eigenvalue weighted by atomic mass is 10.0. The molecule has 21 heavy (non-hydrogen) atoms. The molecule has 0 aromatic heterocycles. The summed E-state index contributed by atoms with van der Waals surface area (Å²) >= 11 is 0. The summed E-state index contributed by atoms with van der Waals surface area (Å²) in [4.78, 5) is 33.9. The summed E-state index contributed by atoms with van der Waals surface area (Å²) in [5.74, 6) is -2.15. The van der Waals surface area contributed by atoms with Gasteiger partial charge in [0.2, 0.25) is 11.8 Å². The number of carbonyl (C=O) groups excluding carboxylic acids is 2. The molecular weight excluding hydrogens is 272 g/mol. The standard InChI is InChI=1S/C15H20N2O4/c1-2-12(15(20)21)8-9-13(18)16-17-14(19)10-11-6-4-3-5-7-11/h3-7,12H,2,8-10H2,1H3,(H,16,18)(H,17,19)(H,20,21). The van der Waals surface area contributed by atoms with Crippen LogP contribution in [0.1, 0.15) is 31.7 Å². The maximum Gasteiger partial charge on any atom is 0.306 e. The predicted octanol–water partition coefficient (Wildman–Crippen LogP) is 1.27. The smallest absolute Gasteiger partial charge is 0.306 e. The van der Waals surface area contributed by atoms with Gasteiger partial charge in [-0.05, 0) is 18.4 Å². The van der Waals surface area contributed by atoms with Crippen LogP contribution < -0.4 is 10.9 Å². The van der Waals surface area contributed by atoms with Crippen molar-refractivity contribution in [3.63, 3.8) is 0 Å². The third kappa shape index (κ3) is 6.56. The number of carboxylic acid groups (broad SMARTS) is 1.